The number of esters is 2. The number of nitrogens with zero attached hydrogens (tertiary/aromatic N) is 2. The number of halogens is 1. The van der Waals surface area contributed by atoms with Crippen LogP contribution in [0.15, 0.2) is 50.8 Å². The third kappa shape index (κ3) is 6.38. The fraction of sp³-hybridized carbons (Fsp3) is 0.381. The number of hydrogen-bond acceptors (Lipinski definition) is 7. The second kappa shape index (κ2) is 11.7. The van der Waals surface area contributed by atoms with E-state index in [1.165, 1.54) is 11.8 Å². The van der Waals surface area contributed by atoms with Gasteiger partial charge in [-0.1, -0.05) is 47.6 Å². The third-order valence-electron chi connectivity index (χ3n) is 4.11. The first-order valence-electron chi connectivity index (χ1n) is 9.37. The average molecular weight is 479 g/mol. The molecule has 1 aromatic carbocycles. The summed E-state index contributed by atoms with van der Waals surface area (Å²) in [5.41, 5.74) is 1.00. The fourth-order valence-electron chi connectivity index (χ4n) is 2.64. The van der Waals surface area contributed by atoms with Crippen LogP contribution in [0.4, 0.5) is 5.69 Å². The second-order valence-electron chi connectivity index (χ2n) is 6.23. The molecule has 0 bridgehead atoms. The molecule has 1 aliphatic heterocycles. The van der Waals surface area contributed by atoms with Crippen molar-refractivity contribution in [3.8, 4) is 6.07 Å². The highest BCUT2D eigenvalue weighted by molar-refractivity contribution is 9.10. The van der Waals surface area contributed by atoms with Gasteiger partial charge in [0.15, 0.2) is 5.57 Å². The molecular weight excluding hydrogens is 456 g/mol. The summed E-state index contributed by atoms with van der Waals surface area (Å²) in [6.45, 7) is 6.53. The molecular formula is C21H23BrN2O4S. The van der Waals surface area contributed by atoms with Crippen LogP contribution in [0.3, 0.4) is 0 Å². The summed E-state index contributed by atoms with van der Waals surface area (Å²) in [7, 11) is 0. The Morgan fingerprint density at radius 1 is 1.28 bits per heavy atom. The topological polar surface area (TPSA) is 79.6 Å². The summed E-state index contributed by atoms with van der Waals surface area (Å²) in [5, 5.41) is 10.2. The van der Waals surface area contributed by atoms with Gasteiger partial charge in [-0.05, 0) is 37.5 Å². The molecule has 1 aromatic rings. The normalized spacial score (nSPS) is 14.0. The zero-order valence-corrected chi connectivity index (χ0v) is 18.7. The molecule has 0 amide bonds. The Bertz CT molecular complexity index is 848. The number of ether oxygens (including phenoxy) is 2. The zero-order chi connectivity index (χ0) is 21.2. The van der Waals surface area contributed by atoms with E-state index < -0.39 is 11.9 Å². The summed E-state index contributed by atoms with van der Waals surface area (Å²) >= 11 is 4.88. The number of carbonyl (C=O) groups is 2. The molecule has 0 saturated heterocycles. The van der Waals surface area contributed by atoms with E-state index in [9.17, 15) is 14.9 Å². The van der Waals surface area contributed by atoms with Crippen molar-refractivity contribution in [2.24, 2.45) is 0 Å². The minimum Gasteiger partial charge on any atom is -0.463 e. The summed E-state index contributed by atoms with van der Waals surface area (Å²) in [5.74, 6) is -1.11. The van der Waals surface area contributed by atoms with E-state index in [1.807, 2.05) is 29.2 Å². The lowest BCUT2D eigenvalue weighted by atomic mass is 10.2. The lowest BCUT2D eigenvalue weighted by Gasteiger charge is -2.21. The molecule has 2 rings (SSSR count). The minimum atomic E-state index is -0.633. The second-order valence-corrected chi connectivity index (χ2v) is 8.17. The third-order valence-corrected chi connectivity index (χ3v) is 5.77. The Hall–Kier alpha value is -2.24. The highest BCUT2D eigenvalue weighted by atomic mass is 79.9. The van der Waals surface area contributed by atoms with E-state index in [-0.39, 0.29) is 18.8 Å². The SMILES string of the molecule is C=CC(=O)OCCCCOC(=O)C(C#N)=C1Sc2cc(Br)ccc2N1CCCC. The molecule has 1 heterocycles. The maximum Gasteiger partial charge on any atom is 0.351 e. The van der Waals surface area contributed by atoms with Crippen molar-refractivity contribution in [1.82, 2.24) is 0 Å². The van der Waals surface area contributed by atoms with Gasteiger partial charge in [0.1, 0.15) is 11.1 Å². The van der Waals surface area contributed by atoms with Crippen molar-refractivity contribution in [2.75, 3.05) is 24.7 Å². The van der Waals surface area contributed by atoms with Gasteiger partial charge in [-0.2, -0.15) is 5.26 Å². The van der Waals surface area contributed by atoms with E-state index in [4.69, 9.17) is 9.47 Å². The first kappa shape index (κ1) is 23.0. The van der Waals surface area contributed by atoms with Gasteiger partial charge < -0.3 is 14.4 Å². The molecule has 0 unspecified atom stereocenters. The largest absolute Gasteiger partial charge is 0.463 e. The van der Waals surface area contributed by atoms with Crippen LogP contribution in [0.1, 0.15) is 32.6 Å². The van der Waals surface area contributed by atoms with Gasteiger partial charge in [0, 0.05) is 22.0 Å². The van der Waals surface area contributed by atoms with Gasteiger partial charge in [0.25, 0.3) is 0 Å². The quantitative estimate of drug-likeness (QED) is 0.203. The Morgan fingerprint density at radius 2 is 2.00 bits per heavy atom. The standard InChI is InChI=1S/C21H23BrN2O4S/c1-3-5-10-24-17-9-8-15(22)13-18(17)29-20(24)16(14-23)21(26)28-12-7-6-11-27-19(25)4-2/h4,8-9,13H,2-3,5-7,10-12H2,1H3. The van der Waals surface area contributed by atoms with Crippen LogP contribution in [0.2, 0.25) is 0 Å². The maximum absolute atomic E-state index is 12.5. The van der Waals surface area contributed by atoms with Gasteiger partial charge >= 0.3 is 11.9 Å². The molecule has 0 atom stereocenters. The van der Waals surface area contributed by atoms with E-state index in [1.54, 1.807) is 0 Å². The van der Waals surface area contributed by atoms with Crippen LogP contribution in [0.25, 0.3) is 0 Å². The lowest BCUT2D eigenvalue weighted by molar-refractivity contribution is -0.140. The molecule has 0 spiro atoms. The Kier molecular flexibility index (Phi) is 9.29. The van der Waals surface area contributed by atoms with Crippen LogP contribution in [0, 0.1) is 11.3 Å². The molecule has 0 radical (unpaired) electrons. The van der Waals surface area contributed by atoms with Crippen molar-refractivity contribution in [3.05, 3.63) is 45.9 Å². The lowest BCUT2D eigenvalue weighted by Crippen LogP contribution is -2.22. The summed E-state index contributed by atoms with van der Waals surface area (Å²) in [6, 6.07) is 7.94. The molecule has 154 valence electrons. The molecule has 1 aliphatic rings. The van der Waals surface area contributed by atoms with Gasteiger partial charge in [-0.3, -0.25) is 0 Å². The smallest absolute Gasteiger partial charge is 0.351 e. The molecule has 0 N–H and O–H groups in total. The van der Waals surface area contributed by atoms with Crippen LogP contribution in [-0.2, 0) is 19.1 Å². The zero-order valence-electron chi connectivity index (χ0n) is 16.3. The highest BCUT2D eigenvalue weighted by Crippen LogP contribution is 2.48. The van der Waals surface area contributed by atoms with Crippen LogP contribution >= 0.6 is 27.7 Å². The maximum atomic E-state index is 12.5. The number of carbonyl (C=O) groups excluding carboxylic acids is 2. The van der Waals surface area contributed by atoms with Crippen molar-refractivity contribution < 1.29 is 19.1 Å². The van der Waals surface area contributed by atoms with Crippen molar-refractivity contribution in [2.45, 2.75) is 37.5 Å². The van der Waals surface area contributed by atoms with Crippen LogP contribution < -0.4 is 4.90 Å². The van der Waals surface area contributed by atoms with Gasteiger partial charge in [-0.15, -0.1) is 0 Å². The van der Waals surface area contributed by atoms with Gasteiger partial charge in [0.05, 0.1) is 18.9 Å². The van der Waals surface area contributed by atoms with Gasteiger partial charge in [0.2, 0.25) is 0 Å². The summed E-state index contributed by atoms with van der Waals surface area (Å²) in [6.07, 6.45) is 4.14. The van der Waals surface area contributed by atoms with Crippen molar-refractivity contribution in [3.63, 3.8) is 0 Å². The van der Waals surface area contributed by atoms with E-state index in [0.29, 0.717) is 17.9 Å². The molecule has 0 fully saturated rings. The molecule has 0 aliphatic carbocycles. The first-order chi connectivity index (χ1) is 14.0. The van der Waals surface area contributed by atoms with Crippen molar-refractivity contribution in [1.29, 1.82) is 5.26 Å². The summed E-state index contributed by atoms with van der Waals surface area (Å²) < 4.78 is 11.1. The number of anilines is 1. The van der Waals surface area contributed by atoms with E-state index in [0.717, 1.165) is 40.5 Å². The number of fused-ring (bicyclic) bond motifs is 1. The number of hydrogen-bond donors (Lipinski definition) is 0. The molecule has 6 nitrogen and oxygen atoms in total. The highest BCUT2D eigenvalue weighted by Gasteiger charge is 2.31. The Balaban J connectivity index is 2.04. The molecule has 0 aromatic heterocycles. The fourth-order valence-corrected chi connectivity index (χ4v) is 4.36. The number of thioether (sulfide) groups is 1. The first-order valence-corrected chi connectivity index (χ1v) is 11.0. The predicted molar refractivity (Wildman–Crippen MR) is 116 cm³/mol. The number of nitriles is 1. The van der Waals surface area contributed by atoms with Gasteiger partial charge in [-0.25, -0.2) is 9.59 Å². The van der Waals surface area contributed by atoms with Crippen LogP contribution in [-0.4, -0.2) is 31.7 Å². The molecule has 0 saturated carbocycles. The number of rotatable bonds is 10. The number of unbranched alkanes of at least 4 members (excludes halogenated alkanes) is 2. The molecule has 29 heavy (non-hydrogen) atoms. The summed E-state index contributed by atoms with van der Waals surface area (Å²) in [4.78, 5) is 26.5. The monoisotopic (exact) mass is 478 g/mol. The van der Waals surface area contributed by atoms with E-state index >= 15 is 0 Å². The Morgan fingerprint density at radius 3 is 2.66 bits per heavy atom. The Labute approximate surface area is 183 Å². The van der Waals surface area contributed by atoms with E-state index in [2.05, 4.69) is 29.4 Å². The molecule has 8 heteroatoms. The predicted octanol–water partition coefficient (Wildman–Crippen LogP) is 4.95. The van der Waals surface area contributed by atoms with Crippen LogP contribution in [0.5, 0.6) is 0 Å². The minimum absolute atomic E-state index is 0.0107. The van der Waals surface area contributed by atoms with Crippen molar-refractivity contribution >= 4 is 45.3 Å². The average Bonchev–Trinajstić information content (AvgIpc) is 3.06. The number of benzene rings is 1.